The first kappa shape index (κ1) is 15.1. The van der Waals surface area contributed by atoms with Crippen molar-refractivity contribution < 1.29 is 0 Å². The van der Waals surface area contributed by atoms with Crippen LogP contribution in [0.3, 0.4) is 0 Å². The molecule has 0 aliphatic heterocycles. The zero-order chi connectivity index (χ0) is 12.7. The number of halogens is 1. The van der Waals surface area contributed by atoms with Crippen LogP contribution in [0.4, 0.5) is 0 Å². The van der Waals surface area contributed by atoms with E-state index in [1.54, 1.807) is 0 Å². The van der Waals surface area contributed by atoms with Gasteiger partial charge in [-0.25, -0.2) is 0 Å². The molecule has 0 saturated carbocycles. The fourth-order valence-electron chi connectivity index (χ4n) is 1.69. The lowest BCUT2D eigenvalue weighted by Gasteiger charge is -2.07. The highest BCUT2D eigenvalue weighted by Crippen LogP contribution is 2.20. The molecule has 1 heterocycles. The lowest BCUT2D eigenvalue weighted by atomic mass is 10.3. The number of nitrogens with zero attached hydrogens (tertiary/aromatic N) is 2. The Morgan fingerprint density at radius 3 is 2.82 bits per heavy atom. The number of nitrogens with one attached hydrogen (secondary N) is 1. The summed E-state index contributed by atoms with van der Waals surface area (Å²) in [4.78, 5) is 0. The van der Waals surface area contributed by atoms with E-state index in [-0.39, 0.29) is 0 Å². The third kappa shape index (κ3) is 4.64. The van der Waals surface area contributed by atoms with Crippen molar-refractivity contribution in [3.05, 3.63) is 15.9 Å². The molecule has 5 heteroatoms. The second-order valence-electron chi connectivity index (χ2n) is 3.89. The zero-order valence-electron chi connectivity index (χ0n) is 10.9. The van der Waals surface area contributed by atoms with E-state index in [9.17, 15) is 0 Å². The van der Waals surface area contributed by atoms with Crippen LogP contribution in [0.1, 0.15) is 31.7 Å². The normalized spacial score (nSPS) is 11.1. The summed E-state index contributed by atoms with van der Waals surface area (Å²) in [6, 6.07) is 0. The Labute approximate surface area is 117 Å². The number of aromatic nitrogens is 2. The summed E-state index contributed by atoms with van der Waals surface area (Å²) in [6.45, 7) is 9.27. The second-order valence-corrected chi connectivity index (χ2v) is 6.08. The van der Waals surface area contributed by atoms with E-state index >= 15 is 0 Å². The molecule has 98 valence electrons. The maximum atomic E-state index is 4.48. The Hall–Kier alpha value is 0. The fraction of sp³-hybridized carbons (Fsp3) is 0.750. The van der Waals surface area contributed by atoms with Crippen LogP contribution >= 0.6 is 27.7 Å². The molecule has 1 aromatic heterocycles. The van der Waals surface area contributed by atoms with Gasteiger partial charge in [0.2, 0.25) is 0 Å². The Morgan fingerprint density at radius 1 is 1.41 bits per heavy atom. The molecule has 0 spiro atoms. The molecule has 0 aliphatic carbocycles. The van der Waals surface area contributed by atoms with Crippen molar-refractivity contribution in [3.63, 3.8) is 0 Å². The van der Waals surface area contributed by atoms with Crippen LogP contribution < -0.4 is 5.32 Å². The smallest absolute Gasteiger partial charge is 0.0739 e. The maximum absolute atomic E-state index is 4.48. The molecule has 1 rings (SSSR count). The summed E-state index contributed by atoms with van der Waals surface area (Å²) in [5, 5.41) is 7.97. The number of aryl methyl sites for hydroxylation is 2. The fourth-order valence-corrected chi connectivity index (χ4v) is 2.75. The lowest BCUT2D eigenvalue weighted by molar-refractivity contribution is 0.577. The average molecular weight is 320 g/mol. The van der Waals surface area contributed by atoms with Crippen molar-refractivity contribution in [2.24, 2.45) is 0 Å². The van der Waals surface area contributed by atoms with E-state index in [1.807, 2.05) is 18.7 Å². The molecule has 0 unspecified atom stereocenters. The second kappa shape index (κ2) is 8.16. The molecule has 0 saturated heterocycles. The molecule has 0 bridgehead atoms. The highest BCUT2D eigenvalue weighted by molar-refractivity contribution is 9.10. The van der Waals surface area contributed by atoms with Gasteiger partial charge in [-0.2, -0.15) is 16.9 Å². The predicted octanol–water partition coefficient (Wildman–Crippen LogP) is 3.21. The van der Waals surface area contributed by atoms with Crippen molar-refractivity contribution in [1.29, 1.82) is 0 Å². The van der Waals surface area contributed by atoms with E-state index in [0.29, 0.717) is 0 Å². The van der Waals surface area contributed by atoms with Gasteiger partial charge >= 0.3 is 0 Å². The van der Waals surface area contributed by atoms with E-state index in [2.05, 4.69) is 44.9 Å². The van der Waals surface area contributed by atoms with Crippen LogP contribution in [0.15, 0.2) is 4.47 Å². The van der Waals surface area contributed by atoms with Crippen LogP contribution in [0.25, 0.3) is 0 Å². The van der Waals surface area contributed by atoms with E-state index in [1.165, 1.54) is 23.6 Å². The summed E-state index contributed by atoms with van der Waals surface area (Å²) in [5.74, 6) is 2.46. The molecule has 0 fully saturated rings. The monoisotopic (exact) mass is 319 g/mol. The van der Waals surface area contributed by atoms with Crippen molar-refractivity contribution in [3.8, 4) is 0 Å². The molecule has 0 aliphatic rings. The molecule has 1 N–H and O–H groups in total. The molecular formula is C12H22BrN3S. The van der Waals surface area contributed by atoms with Crippen LogP contribution in [0.5, 0.6) is 0 Å². The largest absolute Gasteiger partial charge is 0.311 e. The van der Waals surface area contributed by atoms with Gasteiger partial charge in [-0.3, -0.25) is 4.68 Å². The van der Waals surface area contributed by atoms with Gasteiger partial charge in [-0.15, -0.1) is 0 Å². The summed E-state index contributed by atoms with van der Waals surface area (Å²) in [5.41, 5.74) is 2.33. The maximum Gasteiger partial charge on any atom is 0.0739 e. The number of hydrogen-bond donors (Lipinski definition) is 1. The molecule has 3 nitrogen and oxygen atoms in total. The molecule has 0 aromatic carbocycles. The van der Waals surface area contributed by atoms with Gasteiger partial charge < -0.3 is 5.32 Å². The van der Waals surface area contributed by atoms with Crippen LogP contribution in [0.2, 0.25) is 0 Å². The van der Waals surface area contributed by atoms with Gasteiger partial charge in [-0.05, 0) is 54.2 Å². The van der Waals surface area contributed by atoms with E-state index in [4.69, 9.17) is 0 Å². The summed E-state index contributed by atoms with van der Waals surface area (Å²) < 4.78 is 3.21. The first-order valence-electron chi connectivity index (χ1n) is 6.20. The molecule has 0 amide bonds. The van der Waals surface area contributed by atoms with Crippen molar-refractivity contribution in [2.45, 2.75) is 40.3 Å². The summed E-state index contributed by atoms with van der Waals surface area (Å²) in [6.07, 6.45) is 1.23. The van der Waals surface area contributed by atoms with Gasteiger partial charge in [0.15, 0.2) is 0 Å². The van der Waals surface area contributed by atoms with Gasteiger partial charge in [0.05, 0.1) is 15.9 Å². The number of thioether (sulfide) groups is 1. The van der Waals surface area contributed by atoms with Crippen LogP contribution in [-0.2, 0) is 13.1 Å². The standard InChI is InChI=1S/C12H22BrN3S/c1-4-16-11(12(13)10(3)15-16)9-14-7-6-8-17-5-2/h14H,4-9H2,1-3H3. The zero-order valence-corrected chi connectivity index (χ0v) is 13.3. The first-order valence-corrected chi connectivity index (χ1v) is 8.15. The van der Waals surface area contributed by atoms with Gasteiger partial charge in [-0.1, -0.05) is 6.92 Å². The SMILES string of the molecule is CCSCCCNCc1c(Br)c(C)nn1CC. The minimum absolute atomic E-state index is 0.895. The molecule has 0 atom stereocenters. The quantitative estimate of drug-likeness (QED) is 0.746. The van der Waals surface area contributed by atoms with Crippen molar-refractivity contribution >= 4 is 27.7 Å². The lowest BCUT2D eigenvalue weighted by Crippen LogP contribution is -2.18. The molecule has 1 aromatic rings. The van der Waals surface area contributed by atoms with E-state index < -0.39 is 0 Å². The molecule has 0 radical (unpaired) electrons. The Kier molecular flexibility index (Phi) is 7.23. The minimum atomic E-state index is 0.895. The third-order valence-corrected chi connectivity index (χ3v) is 4.61. The van der Waals surface area contributed by atoms with Gasteiger partial charge in [0.1, 0.15) is 0 Å². The van der Waals surface area contributed by atoms with Gasteiger partial charge in [0.25, 0.3) is 0 Å². The Morgan fingerprint density at radius 2 is 2.18 bits per heavy atom. The first-order chi connectivity index (χ1) is 8.20. The topological polar surface area (TPSA) is 29.9 Å². The highest BCUT2D eigenvalue weighted by Gasteiger charge is 2.10. The molecular weight excluding hydrogens is 298 g/mol. The van der Waals surface area contributed by atoms with E-state index in [0.717, 1.165) is 29.8 Å². The number of hydrogen-bond acceptors (Lipinski definition) is 3. The highest BCUT2D eigenvalue weighted by atomic mass is 79.9. The summed E-state index contributed by atoms with van der Waals surface area (Å²) in [7, 11) is 0. The molecule has 17 heavy (non-hydrogen) atoms. The predicted molar refractivity (Wildman–Crippen MR) is 79.7 cm³/mol. The Balaban J connectivity index is 2.35. The number of rotatable bonds is 8. The average Bonchev–Trinajstić information content (AvgIpc) is 2.60. The Bertz CT molecular complexity index is 339. The van der Waals surface area contributed by atoms with Crippen LogP contribution in [-0.4, -0.2) is 27.8 Å². The van der Waals surface area contributed by atoms with Crippen molar-refractivity contribution in [1.82, 2.24) is 15.1 Å². The van der Waals surface area contributed by atoms with Gasteiger partial charge in [0, 0.05) is 13.1 Å². The third-order valence-electron chi connectivity index (χ3n) is 2.59. The van der Waals surface area contributed by atoms with Crippen LogP contribution in [0, 0.1) is 6.92 Å². The minimum Gasteiger partial charge on any atom is -0.311 e. The summed E-state index contributed by atoms with van der Waals surface area (Å²) >= 11 is 5.61. The van der Waals surface area contributed by atoms with Crippen molar-refractivity contribution in [2.75, 3.05) is 18.1 Å².